The van der Waals surface area contributed by atoms with E-state index in [-0.39, 0.29) is 29.0 Å². The van der Waals surface area contributed by atoms with Crippen LogP contribution in [0.2, 0.25) is 0 Å². The molecule has 1 N–H and O–H groups in total. The number of rotatable bonds is 7. The van der Waals surface area contributed by atoms with Crippen molar-refractivity contribution >= 4 is 40.4 Å². The highest BCUT2D eigenvalue weighted by atomic mass is 32.2. The van der Waals surface area contributed by atoms with Gasteiger partial charge in [0.25, 0.3) is 11.1 Å². The number of amides is 2. The molecule has 1 heterocycles. The molecule has 0 aliphatic carbocycles. The van der Waals surface area contributed by atoms with E-state index in [0.717, 1.165) is 33.5 Å². The van der Waals surface area contributed by atoms with Crippen molar-refractivity contribution < 1.29 is 19.4 Å². The standard InChI is InChI=1S/C26H23N3O4S/c1-17-8-9-18(2)23(14-17)33-13-12-29-25(31)24(34-26(29)32)16-19-15-21(10-11-22(19)30)28-27-20-6-4-3-5-7-20/h3-11,14-16,30H,12-13H2,1-2H3/b24-16-,28-27?. The third-order valence-corrected chi connectivity index (χ3v) is 6.03. The molecular weight excluding hydrogens is 450 g/mol. The fourth-order valence-corrected chi connectivity index (χ4v) is 4.13. The predicted octanol–water partition coefficient (Wildman–Crippen LogP) is 6.54. The van der Waals surface area contributed by atoms with Crippen molar-refractivity contribution in [3.05, 3.63) is 88.3 Å². The van der Waals surface area contributed by atoms with Crippen molar-refractivity contribution in [2.24, 2.45) is 10.2 Å². The first-order valence-corrected chi connectivity index (χ1v) is 11.5. The average molecular weight is 474 g/mol. The van der Waals surface area contributed by atoms with E-state index in [9.17, 15) is 14.7 Å². The van der Waals surface area contributed by atoms with E-state index in [4.69, 9.17) is 4.74 Å². The maximum Gasteiger partial charge on any atom is 0.293 e. The zero-order valence-electron chi connectivity index (χ0n) is 18.8. The Labute approximate surface area is 201 Å². The van der Waals surface area contributed by atoms with Gasteiger partial charge in [-0.3, -0.25) is 14.5 Å². The summed E-state index contributed by atoms with van der Waals surface area (Å²) >= 11 is 0.831. The number of ether oxygens (including phenoxy) is 1. The predicted molar refractivity (Wildman–Crippen MR) is 133 cm³/mol. The molecule has 3 aromatic carbocycles. The molecule has 8 heteroatoms. The summed E-state index contributed by atoms with van der Waals surface area (Å²) in [5.74, 6) is 0.285. The van der Waals surface area contributed by atoms with Gasteiger partial charge in [0, 0.05) is 5.56 Å². The number of phenols is 1. The van der Waals surface area contributed by atoms with Crippen molar-refractivity contribution in [1.82, 2.24) is 4.90 Å². The average Bonchev–Trinajstić information content (AvgIpc) is 3.09. The molecule has 0 atom stereocenters. The van der Waals surface area contributed by atoms with Crippen molar-refractivity contribution in [2.45, 2.75) is 13.8 Å². The summed E-state index contributed by atoms with van der Waals surface area (Å²) in [5.41, 5.74) is 3.64. The number of aryl methyl sites for hydroxylation is 2. The van der Waals surface area contributed by atoms with Gasteiger partial charge in [-0.1, -0.05) is 30.3 Å². The largest absolute Gasteiger partial charge is 0.507 e. The van der Waals surface area contributed by atoms with Crippen molar-refractivity contribution in [2.75, 3.05) is 13.2 Å². The Balaban J connectivity index is 1.45. The van der Waals surface area contributed by atoms with Gasteiger partial charge in [-0.25, -0.2) is 0 Å². The van der Waals surface area contributed by atoms with Gasteiger partial charge in [-0.2, -0.15) is 10.2 Å². The van der Waals surface area contributed by atoms with Crippen LogP contribution in [0.15, 0.2) is 81.9 Å². The number of thioether (sulfide) groups is 1. The second kappa shape index (κ2) is 10.4. The number of phenolic OH excluding ortho intramolecular Hbond substituents is 1. The first-order valence-electron chi connectivity index (χ1n) is 10.7. The van der Waals surface area contributed by atoms with E-state index in [0.29, 0.717) is 16.9 Å². The van der Waals surface area contributed by atoms with Crippen LogP contribution in [-0.2, 0) is 4.79 Å². The molecule has 3 aromatic rings. The Morgan fingerprint density at radius 3 is 2.53 bits per heavy atom. The number of hydrogen-bond acceptors (Lipinski definition) is 7. The molecule has 172 valence electrons. The minimum absolute atomic E-state index is 0.0243. The topological polar surface area (TPSA) is 91.6 Å². The number of azo groups is 1. The number of hydrogen-bond donors (Lipinski definition) is 1. The molecule has 0 aromatic heterocycles. The summed E-state index contributed by atoms with van der Waals surface area (Å²) in [7, 11) is 0. The van der Waals surface area contributed by atoms with E-state index in [1.54, 1.807) is 12.1 Å². The Bertz CT molecular complexity index is 1290. The Hall–Kier alpha value is -3.91. The third-order valence-electron chi connectivity index (χ3n) is 5.12. The fraction of sp³-hybridized carbons (Fsp3) is 0.154. The second-order valence-electron chi connectivity index (χ2n) is 7.73. The molecule has 0 bridgehead atoms. The summed E-state index contributed by atoms with van der Waals surface area (Å²) in [4.78, 5) is 26.6. The maximum absolute atomic E-state index is 12.8. The summed E-state index contributed by atoms with van der Waals surface area (Å²) in [6, 6.07) is 19.9. The lowest BCUT2D eigenvalue weighted by Gasteiger charge is -2.14. The molecule has 0 saturated carbocycles. The van der Waals surface area contributed by atoms with Crippen molar-refractivity contribution in [1.29, 1.82) is 0 Å². The minimum atomic E-state index is -0.421. The quantitative estimate of drug-likeness (QED) is 0.311. The number of carbonyl (C=O) groups is 2. The van der Waals surface area contributed by atoms with Gasteiger partial charge in [0.05, 0.1) is 22.8 Å². The van der Waals surface area contributed by atoms with Crippen LogP contribution < -0.4 is 4.74 Å². The molecule has 1 aliphatic rings. The molecule has 1 fully saturated rings. The van der Waals surface area contributed by atoms with Crippen LogP contribution in [0.25, 0.3) is 6.08 Å². The van der Waals surface area contributed by atoms with Gasteiger partial charge in [0.15, 0.2) is 0 Å². The number of imide groups is 1. The third kappa shape index (κ3) is 5.52. The molecule has 34 heavy (non-hydrogen) atoms. The molecule has 1 aliphatic heterocycles. The highest BCUT2D eigenvalue weighted by molar-refractivity contribution is 8.18. The van der Waals surface area contributed by atoms with E-state index in [1.807, 2.05) is 62.4 Å². The van der Waals surface area contributed by atoms with E-state index >= 15 is 0 Å². The molecule has 7 nitrogen and oxygen atoms in total. The van der Waals surface area contributed by atoms with Crippen LogP contribution in [0.5, 0.6) is 11.5 Å². The molecule has 0 spiro atoms. The van der Waals surface area contributed by atoms with Crippen LogP contribution in [0.1, 0.15) is 16.7 Å². The molecule has 4 rings (SSSR count). The minimum Gasteiger partial charge on any atom is -0.507 e. The SMILES string of the molecule is Cc1ccc(C)c(OCCN2C(=O)S/C(=C\c3cc(N=Nc4ccccc4)ccc3O)C2=O)c1. The summed E-state index contributed by atoms with van der Waals surface area (Å²) in [5, 5.41) is 18.2. The second-order valence-corrected chi connectivity index (χ2v) is 8.72. The lowest BCUT2D eigenvalue weighted by Crippen LogP contribution is -2.32. The van der Waals surface area contributed by atoms with Gasteiger partial charge in [-0.05, 0) is 79.2 Å². The van der Waals surface area contributed by atoms with Gasteiger partial charge in [-0.15, -0.1) is 0 Å². The first kappa shape index (κ1) is 23.3. The van der Waals surface area contributed by atoms with Crippen LogP contribution in [0, 0.1) is 13.8 Å². The molecular formula is C26H23N3O4S. The Kier molecular flexibility index (Phi) is 7.08. The zero-order valence-corrected chi connectivity index (χ0v) is 19.6. The Morgan fingerprint density at radius 2 is 1.74 bits per heavy atom. The highest BCUT2D eigenvalue weighted by Gasteiger charge is 2.35. The van der Waals surface area contributed by atoms with Crippen molar-refractivity contribution in [3.63, 3.8) is 0 Å². The molecule has 2 amide bonds. The number of nitrogens with zero attached hydrogens (tertiary/aromatic N) is 3. The van der Waals surface area contributed by atoms with Crippen LogP contribution in [0.3, 0.4) is 0 Å². The van der Waals surface area contributed by atoms with E-state index in [2.05, 4.69) is 10.2 Å². The van der Waals surface area contributed by atoms with Gasteiger partial charge in [0.2, 0.25) is 0 Å². The van der Waals surface area contributed by atoms with Gasteiger partial charge >= 0.3 is 0 Å². The van der Waals surface area contributed by atoms with Crippen molar-refractivity contribution in [3.8, 4) is 11.5 Å². The smallest absolute Gasteiger partial charge is 0.293 e. The van der Waals surface area contributed by atoms with Crippen LogP contribution in [0.4, 0.5) is 16.2 Å². The lowest BCUT2D eigenvalue weighted by molar-refractivity contribution is -0.123. The fourth-order valence-electron chi connectivity index (χ4n) is 3.27. The summed E-state index contributed by atoms with van der Waals surface area (Å²) in [6.07, 6.45) is 1.49. The van der Waals surface area contributed by atoms with E-state index in [1.165, 1.54) is 12.1 Å². The summed E-state index contributed by atoms with van der Waals surface area (Å²) in [6.45, 7) is 4.24. The first-order chi connectivity index (χ1) is 16.4. The molecule has 1 saturated heterocycles. The van der Waals surface area contributed by atoms with Crippen LogP contribution >= 0.6 is 11.8 Å². The molecule has 0 radical (unpaired) electrons. The zero-order chi connectivity index (χ0) is 24.1. The Morgan fingerprint density at radius 1 is 0.971 bits per heavy atom. The maximum atomic E-state index is 12.8. The summed E-state index contributed by atoms with van der Waals surface area (Å²) < 4.78 is 5.79. The highest BCUT2D eigenvalue weighted by Crippen LogP contribution is 2.35. The van der Waals surface area contributed by atoms with Crippen LogP contribution in [-0.4, -0.2) is 34.3 Å². The molecule has 0 unspecified atom stereocenters. The number of benzene rings is 3. The van der Waals surface area contributed by atoms with Gasteiger partial charge in [0.1, 0.15) is 18.1 Å². The van der Waals surface area contributed by atoms with Gasteiger partial charge < -0.3 is 9.84 Å². The van der Waals surface area contributed by atoms with E-state index < -0.39 is 5.91 Å². The lowest BCUT2D eigenvalue weighted by atomic mass is 10.1. The normalized spacial score (nSPS) is 15.0. The monoisotopic (exact) mass is 473 g/mol. The number of carbonyl (C=O) groups excluding carboxylic acids is 2. The number of aromatic hydroxyl groups is 1.